The second kappa shape index (κ2) is 7.91. The molecular formula is C17H29N3O. The van der Waals surface area contributed by atoms with E-state index in [4.69, 9.17) is 0 Å². The summed E-state index contributed by atoms with van der Waals surface area (Å²) in [7, 11) is 5.89. The van der Waals surface area contributed by atoms with Crippen LogP contribution in [0.25, 0.3) is 0 Å². The standard InChI is InChI=1S/C17H29N3O/c1-13(2)10-14(3)20(6)17(21)18-12-15-8-7-9-16(11-15)19(4)5/h7-9,11,13-14H,10,12H2,1-6H3,(H,18,21)/t14-/m1/s1. The molecule has 0 spiro atoms. The molecule has 1 atom stereocenters. The van der Waals surface area contributed by atoms with E-state index in [0.29, 0.717) is 12.5 Å². The monoisotopic (exact) mass is 291 g/mol. The lowest BCUT2D eigenvalue weighted by Crippen LogP contribution is -2.42. The zero-order chi connectivity index (χ0) is 16.0. The van der Waals surface area contributed by atoms with Gasteiger partial charge in [-0.1, -0.05) is 26.0 Å². The highest BCUT2D eigenvalue weighted by molar-refractivity contribution is 5.74. The molecule has 0 bridgehead atoms. The fraction of sp³-hybridized carbons (Fsp3) is 0.588. The molecule has 0 aliphatic carbocycles. The SMILES string of the molecule is CC(C)C[C@@H](C)N(C)C(=O)NCc1cccc(N(C)C)c1. The molecule has 1 rings (SSSR count). The van der Waals surface area contributed by atoms with Crippen LogP contribution in [-0.4, -0.2) is 38.1 Å². The van der Waals surface area contributed by atoms with Crippen LogP contribution in [0, 0.1) is 5.92 Å². The lowest BCUT2D eigenvalue weighted by molar-refractivity contribution is 0.186. The van der Waals surface area contributed by atoms with Gasteiger partial charge in [0.1, 0.15) is 0 Å². The first-order chi connectivity index (χ1) is 9.81. The van der Waals surface area contributed by atoms with E-state index in [9.17, 15) is 4.79 Å². The van der Waals surface area contributed by atoms with E-state index < -0.39 is 0 Å². The second-order valence-corrected chi connectivity index (χ2v) is 6.31. The summed E-state index contributed by atoms with van der Waals surface area (Å²) >= 11 is 0. The molecule has 0 unspecified atom stereocenters. The summed E-state index contributed by atoms with van der Waals surface area (Å²) < 4.78 is 0. The number of hydrogen-bond acceptors (Lipinski definition) is 2. The Hall–Kier alpha value is -1.71. The third-order valence-electron chi connectivity index (χ3n) is 3.66. The van der Waals surface area contributed by atoms with E-state index in [1.807, 2.05) is 33.3 Å². The molecule has 0 saturated heterocycles. The van der Waals surface area contributed by atoms with Crippen molar-refractivity contribution < 1.29 is 4.79 Å². The summed E-state index contributed by atoms with van der Waals surface area (Å²) in [6.45, 7) is 7.00. The summed E-state index contributed by atoms with van der Waals surface area (Å²) in [5, 5.41) is 2.99. The molecular weight excluding hydrogens is 262 g/mol. The number of nitrogens with zero attached hydrogens (tertiary/aromatic N) is 2. The molecule has 118 valence electrons. The van der Waals surface area contributed by atoms with E-state index >= 15 is 0 Å². The van der Waals surface area contributed by atoms with E-state index in [-0.39, 0.29) is 12.1 Å². The largest absolute Gasteiger partial charge is 0.378 e. The molecule has 4 heteroatoms. The molecule has 0 fully saturated rings. The predicted molar refractivity (Wildman–Crippen MR) is 89.7 cm³/mol. The van der Waals surface area contributed by atoms with Gasteiger partial charge in [-0.2, -0.15) is 0 Å². The number of carbonyl (C=O) groups is 1. The van der Waals surface area contributed by atoms with Crippen molar-refractivity contribution in [3.05, 3.63) is 29.8 Å². The lowest BCUT2D eigenvalue weighted by atomic mass is 10.0. The Kier molecular flexibility index (Phi) is 6.53. The van der Waals surface area contributed by atoms with Gasteiger partial charge in [0.2, 0.25) is 0 Å². The molecule has 4 nitrogen and oxygen atoms in total. The summed E-state index contributed by atoms with van der Waals surface area (Å²) in [6, 6.07) is 8.43. The minimum Gasteiger partial charge on any atom is -0.378 e. The van der Waals surface area contributed by atoms with Gasteiger partial charge in [-0.05, 0) is 37.0 Å². The first-order valence-electron chi connectivity index (χ1n) is 7.58. The normalized spacial score (nSPS) is 12.1. The maximum Gasteiger partial charge on any atom is 0.317 e. The van der Waals surface area contributed by atoms with Gasteiger partial charge in [-0.3, -0.25) is 0 Å². The topological polar surface area (TPSA) is 35.6 Å². The average Bonchev–Trinajstić information content (AvgIpc) is 2.43. The third kappa shape index (κ3) is 5.66. The number of nitrogens with one attached hydrogen (secondary N) is 1. The van der Waals surface area contributed by atoms with Crippen molar-refractivity contribution in [3.63, 3.8) is 0 Å². The molecule has 0 radical (unpaired) electrons. The van der Waals surface area contributed by atoms with E-state index in [2.05, 4.69) is 43.1 Å². The maximum atomic E-state index is 12.2. The number of benzene rings is 1. The second-order valence-electron chi connectivity index (χ2n) is 6.31. The van der Waals surface area contributed by atoms with Gasteiger partial charge in [-0.25, -0.2) is 4.79 Å². The predicted octanol–water partition coefficient (Wildman–Crippen LogP) is 3.33. The highest BCUT2D eigenvalue weighted by Crippen LogP contribution is 2.13. The van der Waals surface area contributed by atoms with E-state index in [0.717, 1.165) is 17.7 Å². The lowest BCUT2D eigenvalue weighted by Gasteiger charge is -2.26. The summed E-state index contributed by atoms with van der Waals surface area (Å²) in [5.41, 5.74) is 2.25. The molecule has 21 heavy (non-hydrogen) atoms. The molecule has 0 aromatic heterocycles. The summed E-state index contributed by atoms with van der Waals surface area (Å²) in [4.78, 5) is 16.0. The molecule has 0 aliphatic rings. The van der Waals surface area contributed by atoms with Crippen LogP contribution in [0.3, 0.4) is 0 Å². The zero-order valence-electron chi connectivity index (χ0n) is 14.2. The van der Waals surface area contributed by atoms with Crippen molar-refractivity contribution in [1.29, 1.82) is 0 Å². The van der Waals surface area contributed by atoms with Crippen LogP contribution < -0.4 is 10.2 Å². The van der Waals surface area contributed by atoms with Gasteiger partial charge >= 0.3 is 6.03 Å². The number of urea groups is 1. The first kappa shape index (κ1) is 17.3. The zero-order valence-corrected chi connectivity index (χ0v) is 14.2. The van der Waals surface area contributed by atoms with E-state index in [1.54, 1.807) is 4.90 Å². The van der Waals surface area contributed by atoms with Crippen LogP contribution in [0.4, 0.5) is 10.5 Å². The number of hydrogen-bond donors (Lipinski definition) is 1. The molecule has 0 heterocycles. The van der Waals surface area contributed by atoms with Crippen molar-refractivity contribution in [2.75, 3.05) is 26.0 Å². The molecule has 1 N–H and O–H groups in total. The van der Waals surface area contributed by atoms with Gasteiger partial charge in [-0.15, -0.1) is 0 Å². The van der Waals surface area contributed by atoms with Gasteiger partial charge in [0.25, 0.3) is 0 Å². The van der Waals surface area contributed by atoms with Crippen molar-refractivity contribution in [2.45, 2.75) is 39.8 Å². The Balaban J connectivity index is 2.54. The minimum absolute atomic E-state index is 0.0154. The fourth-order valence-corrected chi connectivity index (χ4v) is 2.29. The summed E-state index contributed by atoms with van der Waals surface area (Å²) in [6.07, 6.45) is 1.01. The van der Waals surface area contributed by atoms with Gasteiger partial charge in [0, 0.05) is 39.4 Å². The Labute approximate surface area is 129 Å². The Bertz CT molecular complexity index is 457. The third-order valence-corrected chi connectivity index (χ3v) is 3.66. The molecule has 1 aromatic rings. The van der Waals surface area contributed by atoms with Gasteiger partial charge in [0.15, 0.2) is 0 Å². The number of amides is 2. The van der Waals surface area contributed by atoms with Gasteiger partial charge < -0.3 is 15.1 Å². The summed E-state index contributed by atoms with van der Waals surface area (Å²) in [5.74, 6) is 0.590. The smallest absolute Gasteiger partial charge is 0.317 e. The highest BCUT2D eigenvalue weighted by atomic mass is 16.2. The highest BCUT2D eigenvalue weighted by Gasteiger charge is 2.16. The van der Waals surface area contributed by atoms with Crippen molar-refractivity contribution >= 4 is 11.7 Å². The number of anilines is 1. The van der Waals surface area contributed by atoms with Crippen LogP contribution in [-0.2, 0) is 6.54 Å². The van der Waals surface area contributed by atoms with Crippen molar-refractivity contribution in [2.24, 2.45) is 5.92 Å². The first-order valence-corrected chi connectivity index (χ1v) is 7.58. The number of carbonyl (C=O) groups excluding carboxylic acids is 1. The quantitative estimate of drug-likeness (QED) is 0.872. The average molecular weight is 291 g/mol. The minimum atomic E-state index is -0.0154. The van der Waals surface area contributed by atoms with Crippen LogP contribution in [0.15, 0.2) is 24.3 Å². The Morgan fingerprint density at radius 1 is 1.19 bits per heavy atom. The van der Waals surface area contributed by atoms with Crippen LogP contribution >= 0.6 is 0 Å². The Morgan fingerprint density at radius 3 is 2.43 bits per heavy atom. The van der Waals surface area contributed by atoms with Crippen LogP contribution in [0.2, 0.25) is 0 Å². The van der Waals surface area contributed by atoms with Crippen molar-refractivity contribution in [3.8, 4) is 0 Å². The van der Waals surface area contributed by atoms with Gasteiger partial charge in [0.05, 0.1) is 0 Å². The molecule has 0 saturated carbocycles. The molecule has 0 aliphatic heterocycles. The van der Waals surface area contributed by atoms with Crippen molar-refractivity contribution in [1.82, 2.24) is 10.2 Å². The Morgan fingerprint density at radius 2 is 1.86 bits per heavy atom. The number of rotatable bonds is 6. The van der Waals surface area contributed by atoms with Crippen LogP contribution in [0.1, 0.15) is 32.8 Å². The fourth-order valence-electron chi connectivity index (χ4n) is 2.29. The van der Waals surface area contributed by atoms with Crippen LogP contribution in [0.5, 0.6) is 0 Å². The van der Waals surface area contributed by atoms with E-state index in [1.165, 1.54) is 0 Å². The molecule has 1 aromatic carbocycles. The maximum absolute atomic E-state index is 12.2. The molecule has 2 amide bonds.